The molecule has 0 amide bonds. The second-order valence-corrected chi connectivity index (χ2v) is 3.87. The Labute approximate surface area is 104 Å². The van der Waals surface area contributed by atoms with Crippen molar-refractivity contribution in [1.29, 1.82) is 0 Å². The lowest BCUT2D eigenvalue weighted by Gasteiger charge is -2.10. The molecule has 2 N–H and O–H groups in total. The monoisotopic (exact) mass is 286 g/mol. The summed E-state index contributed by atoms with van der Waals surface area (Å²) in [4.78, 5) is 0. The molecule has 0 aromatic heterocycles. The van der Waals surface area contributed by atoms with Crippen LogP contribution in [-0.4, -0.2) is 25.3 Å². The molecular formula is C11H15BrN2O2. The molecule has 0 saturated carbocycles. The molecule has 0 unspecified atom stereocenters. The number of ether oxygens (including phenoxy) is 2. The van der Waals surface area contributed by atoms with Gasteiger partial charge in [0.25, 0.3) is 0 Å². The van der Waals surface area contributed by atoms with E-state index >= 15 is 0 Å². The van der Waals surface area contributed by atoms with Gasteiger partial charge >= 0.3 is 0 Å². The van der Waals surface area contributed by atoms with Crippen molar-refractivity contribution < 1.29 is 9.47 Å². The fourth-order valence-electron chi connectivity index (χ4n) is 1.21. The molecule has 0 saturated heterocycles. The predicted molar refractivity (Wildman–Crippen MR) is 68.7 cm³/mol. The quantitative estimate of drug-likeness (QED) is 0.287. The van der Waals surface area contributed by atoms with Gasteiger partial charge in [0.05, 0.1) is 19.9 Å². The summed E-state index contributed by atoms with van der Waals surface area (Å²) in [7, 11) is 1.61. The van der Waals surface area contributed by atoms with Gasteiger partial charge in [-0.1, -0.05) is 15.9 Å². The van der Waals surface area contributed by atoms with Crippen LogP contribution < -0.4 is 15.3 Å². The van der Waals surface area contributed by atoms with Crippen LogP contribution in [0.2, 0.25) is 0 Å². The molecule has 1 aromatic rings. The first-order chi connectivity index (χ1) is 7.81. The van der Waals surface area contributed by atoms with Crippen molar-refractivity contribution in [1.82, 2.24) is 0 Å². The molecule has 0 heterocycles. The van der Waals surface area contributed by atoms with Crippen LogP contribution in [-0.2, 0) is 0 Å². The van der Waals surface area contributed by atoms with E-state index < -0.39 is 0 Å². The van der Waals surface area contributed by atoms with Gasteiger partial charge in [-0.15, -0.1) is 0 Å². The van der Waals surface area contributed by atoms with Gasteiger partial charge in [-0.2, -0.15) is 5.10 Å². The topological polar surface area (TPSA) is 56.8 Å². The molecule has 1 rings (SSSR count). The van der Waals surface area contributed by atoms with E-state index in [0.29, 0.717) is 12.4 Å². The minimum Gasteiger partial charge on any atom is -0.493 e. The third-order valence-electron chi connectivity index (χ3n) is 1.95. The molecule has 0 aliphatic heterocycles. The SMILES string of the molecule is COc1cc(C=NN)ccc1OCCCBr. The third kappa shape index (κ3) is 3.73. The third-order valence-corrected chi connectivity index (χ3v) is 2.51. The Hall–Kier alpha value is -1.23. The fourth-order valence-corrected chi connectivity index (χ4v) is 1.44. The highest BCUT2D eigenvalue weighted by Gasteiger charge is 2.04. The first kappa shape index (κ1) is 12.8. The maximum atomic E-state index is 5.57. The van der Waals surface area contributed by atoms with Crippen LogP contribution in [0.4, 0.5) is 0 Å². The van der Waals surface area contributed by atoms with E-state index in [1.54, 1.807) is 13.3 Å². The average Bonchev–Trinajstić information content (AvgIpc) is 2.31. The number of benzene rings is 1. The smallest absolute Gasteiger partial charge is 0.161 e. The van der Waals surface area contributed by atoms with Crippen molar-refractivity contribution in [2.24, 2.45) is 10.9 Å². The van der Waals surface area contributed by atoms with Gasteiger partial charge in [0.2, 0.25) is 0 Å². The molecule has 0 aliphatic carbocycles. The number of halogens is 1. The molecule has 0 aliphatic rings. The molecule has 88 valence electrons. The van der Waals surface area contributed by atoms with E-state index in [1.165, 1.54) is 0 Å². The summed E-state index contributed by atoms with van der Waals surface area (Å²) in [5.74, 6) is 6.50. The number of methoxy groups -OCH3 is 1. The van der Waals surface area contributed by atoms with Crippen molar-refractivity contribution in [2.75, 3.05) is 19.0 Å². The van der Waals surface area contributed by atoms with E-state index in [4.69, 9.17) is 15.3 Å². The highest BCUT2D eigenvalue weighted by molar-refractivity contribution is 9.09. The van der Waals surface area contributed by atoms with Gasteiger partial charge < -0.3 is 15.3 Å². The Morgan fingerprint density at radius 1 is 1.44 bits per heavy atom. The van der Waals surface area contributed by atoms with Crippen molar-refractivity contribution in [2.45, 2.75) is 6.42 Å². The summed E-state index contributed by atoms with van der Waals surface area (Å²) in [6, 6.07) is 5.56. The first-order valence-corrected chi connectivity index (χ1v) is 6.04. The predicted octanol–water partition coefficient (Wildman–Crippen LogP) is 2.15. The van der Waals surface area contributed by atoms with Crippen LogP contribution in [0, 0.1) is 0 Å². The van der Waals surface area contributed by atoms with Gasteiger partial charge in [0, 0.05) is 5.33 Å². The number of hydrazone groups is 1. The van der Waals surface area contributed by atoms with Gasteiger partial charge in [-0.25, -0.2) is 0 Å². The highest BCUT2D eigenvalue weighted by atomic mass is 79.9. The number of rotatable bonds is 6. The van der Waals surface area contributed by atoms with Gasteiger partial charge in [-0.3, -0.25) is 0 Å². The minimum atomic E-state index is 0.659. The second kappa shape index (κ2) is 7.11. The van der Waals surface area contributed by atoms with E-state index in [1.807, 2.05) is 18.2 Å². The number of nitrogens with zero attached hydrogens (tertiary/aromatic N) is 1. The lowest BCUT2D eigenvalue weighted by Crippen LogP contribution is -2.00. The Morgan fingerprint density at radius 3 is 2.88 bits per heavy atom. The standard InChI is InChI=1S/C11H15BrN2O2/c1-15-11-7-9(8-14-13)3-4-10(11)16-6-2-5-12/h3-4,7-8H,2,5-6,13H2,1H3. The van der Waals surface area contributed by atoms with Gasteiger partial charge in [0.1, 0.15) is 0 Å². The van der Waals surface area contributed by atoms with Crippen molar-refractivity contribution in [3.8, 4) is 11.5 Å². The lowest BCUT2D eigenvalue weighted by molar-refractivity contribution is 0.295. The van der Waals surface area contributed by atoms with E-state index in [-0.39, 0.29) is 0 Å². The maximum absolute atomic E-state index is 5.57. The Kier molecular flexibility index (Phi) is 5.71. The van der Waals surface area contributed by atoms with E-state index in [2.05, 4.69) is 21.0 Å². The number of alkyl halides is 1. The van der Waals surface area contributed by atoms with Crippen LogP contribution in [0.15, 0.2) is 23.3 Å². The van der Waals surface area contributed by atoms with E-state index in [0.717, 1.165) is 23.1 Å². The molecule has 0 bridgehead atoms. The van der Waals surface area contributed by atoms with Crippen LogP contribution in [0.3, 0.4) is 0 Å². The molecule has 0 radical (unpaired) electrons. The average molecular weight is 287 g/mol. The molecule has 0 fully saturated rings. The lowest BCUT2D eigenvalue weighted by atomic mass is 10.2. The summed E-state index contributed by atoms with van der Waals surface area (Å²) >= 11 is 3.35. The van der Waals surface area contributed by atoms with Crippen molar-refractivity contribution >= 4 is 22.1 Å². The number of hydrogen-bond acceptors (Lipinski definition) is 4. The molecule has 5 heteroatoms. The number of hydrogen-bond donors (Lipinski definition) is 1. The van der Waals surface area contributed by atoms with E-state index in [9.17, 15) is 0 Å². The Bertz CT molecular complexity index is 356. The molecule has 1 aromatic carbocycles. The maximum Gasteiger partial charge on any atom is 0.161 e. The Balaban J connectivity index is 2.76. The Morgan fingerprint density at radius 2 is 2.25 bits per heavy atom. The van der Waals surface area contributed by atoms with Crippen LogP contribution in [0.1, 0.15) is 12.0 Å². The zero-order valence-corrected chi connectivity index (χ0v) is 10.7. The van der Waals surface area contributed by atoms with Gasteiger partial charge in [-0.05, 0) is 30.2 Å². The number of nitrogens with two attached hydrogens (primary N) is 1. The first-order valence-electron chi connectivity index (χ1n) is 4.92. The molecule has 0 atom stereocenters. The molecular weight excluding hydrogens is 272 g/mol. The van der Waals surface area contributed by atoms with Crippen molar-refractivity contribution in [3.63, 3.8) is 0 Å². The van der Waals surface area contributed by atoms with Gasteiger partial charge in [0.15, 0.2) is 11.5 Å². The zero-order chi connectivity index (χ0) is 11.8. The van der Waals surface area contributed by atoms with Crippen molar-refractivity contribution in [3.05, 3.63) is 23.8 Å². The summed E-state index contributed by atoms with van der Waals surface area (Å²) in [5, 5.41) is 4.38. The summed E-state index contributed by atoms with van der Waals surface area (Å²) in [5.41, 5.74) is 0.882. The largest absolute Gasteiger partial charge is 0.493 e. The fraction of sp³-hybridized carbons (Fsp3) is 0.364. The normalized spacial score (nSPS) is 10.6. The zero-order valence-electron chi connectivity index (χ0n) is 9.15. The summed E-state index contributed by atoms with van der Waals surface area (Å²) < 4.78 is 10.8. The molecule has 4 nitrogen and oxygen atoms in total. The second-order valence-electron chi connectivity index (χ2n) is 3.08. The minimum absolute atomic E-state index is 0.659. The van der Waals surface area contributed by atoms with Crippen LogP contribution in [0.25, 0.3) is 0 Å². The van der Waals surface area contributed by atoms with Crippen LogP contribution >= 0.6 is 15.9 Å². The summed E-state index contributed by atoms with van der Waals surface area (Å²) in [6.45, 7) is 0.659. The highest BCUT2D eigenvalue weighted by Crippen LogP contribution is 2.27. The molecule has 0 spiro atoms. The van der Waals surface area contributed by atoms with Crippen LogP contribution in [0.5, 0.6) is 11.5 Å². The summed E-state index contributed by atoms with van der Waals surface area (Å²) in [6.07, 6.45) is 2.51. The molecule has 16 heavy (non-hydrogen) atoms.